The number of ketones is 1. The Morgan fingerprint density at radius 3 is 2.39 bits per heavy atom. The molecule has 2 heterocycles. The number of ether oxygens (including phenoxy) is 1. The molecule has 28 heavy (non-hydrogen) atoms. The van der Waals surface area contributed by atoms with E-state index in [4.69, 9.17) is 0 Å². The lowest BCUT2D eigenvalue weighted by Crippen LogP contribution is -2.42. The van der Waals surface area contributed by atoms with Gasteiger partial charge in [0.1, 0.15) is 5.75 Å². The monoisotopic (exact) mass is 408 g/mol. The fraction of sp³-hybridized carbons (Fsp3) is 0.333. The number of aryl methyl sites for hydroxylation is 1. The summed E-state index contributed by atoms with van der Waals surface area (Å²) in [6.45, 7) is 2.20. The molecular weight excluding hydrogens is 390 g/mol. The van der Waals surface area contributed by atoms with Crippen LogP contribution in [0.4, 0.5) is 8.78 Å². The minimum absolute atomic E-state index is 0.0132. The Bertz CT molecular complexity index is 941. The molecule has 10 heteroatoms. The predicted molar refractivity (Wildman–Crippen MR) is 99.4 cm³/mol. The summed E-state index contributed by atoms with van der Waals surface area (Å²) in [5, 5.41) is 9.87. The second kappa shape index (κ2) is 8.09. The van der Waals surface area contributed by atoms with Crippen LogP contribution in [0.5, 0.6) is 5.75 Å². The molecule has 0 N–H and O–H groups in total. The summed E-state index contributed by atoms with van der Waals surface area (Å²) in [7, 11) is 0. The summed E-state index contributed by atoms with van der Waals surface area (Å²) in [6.07, 6.45) is 0.422. The number of carbonyl (C=O) groups excluding carboxylic acids is 2. The molecule has 148 valence electrons. The van der Waals surface area contributed by atoms with Crippen LogP contribution in [0.15, 0.2) is 34.3 Å². The van der Waals surface area contributed by atoms with Crippen LogP contribution in [0.1, 0.15) is 38.1 Å². The maximum absolute atomic E-state index is 12.8. The zero-order valence-corrected chi connectivity index (χ0v) is 16.3. The smallest absolute Gasteiger partial charge is 0.387 e. The molecule has 0 saturated heterocycles. The minimum Gasteiger partial charge on any atom is -0.435 e. The van der Waals surface area contributed by atoms with Gasteiger partial charge in [0.15, 0.2) is 11.6 Å². The third-order valence-corrected chi connectivity index (χ3v) is 5.12. The first-order chi connectivity index (χ1) is 13.4. The molecule has 0 aliphatic carbocycles. The van der Waals surface area contributed by atoms with Crippen LogP contribution in [-0.4, -0.2) is 33.2 Å². The molecule has 0 unspecified atom stereocenters. The Labute approximate surface area is 164 Å². The van der Waals surface area contributed by atoms with E-state index in [1.54, 1.807) is 25.4 Å². The summed E-state index contributed by atoms with van der Waals surface area (Å²) in [6, 6.07) is 5.82. The third kappa shape index (κ3) is 3.64. The number of thioether (sulfide) groups is 1. The van der Waals surface area contributed by atoms with Crippen LogP contribution < -0.4 is 9.75 Å². The number of amides is 1. The number of alkyl halides is 2. The van der Waals surface area contributed by atoms with E-state index in [9.17, 15) is 18.4 Å². The Kier molecular flexibility index (Phi) is 5.78. The van der Waals surface area contributed by atoms with Gasteiger partial charge >= 0.3 is 6.61 Å². The highest BCUT2D eigenvalue weighted by atomic mass is 32.2. The van der Waals surface area contributed by atoms with E-state index in [-0.39, 0.29) is 30.3 Å². The minimum atomic E-state index is -2.94. The van der Waals surface area contributed by atoms with Crippen LogP contribution in [0.3, 0.4) is 0 Å². The average Bonchev–Trinajstić information content (AvgIpc) is 3.06. The zero-order chi connectivity index (χ0) is 20.4. The molecule has 1 aromatic heterocycles. The second-order valence-corrected chi connectivity index (χ2v) is 6.84. The molecule has 7 nitrogen and oxygen atoms in total. The summed E-state index contributed by atoms with van der Waals surface area (Å²) < 4.78 is 30.8. The van der Waals surface area contributed by atoms with Crippen molar-refractivity contribution < 1.29 is 23.1 Å². The van der Waals surface area contributed by atoms with Gasteiger partial charge in [0.25, 0.3) is 0 Å². The number of hydrogen-bond donors (Lipinski definition) is 0. The maximum Gasteiger partial charge on any atom is 0.387 e. The molecule has 3 rings (SSSR count). The van der Waals surface area contributed by atoms with E-state index < -0.39 is 6.61 Å². The summed E-state index contributed by atoms with van der Waals surface area (Å²) in [4.78, 5) is 25.8. The molecule has 0 spiro atoms. The zero-order valence-electron chi connectivity index (χ0n) is 15.5. The number of carbonyl (C=O) groups is 2. The SMILES string of the molecule is CCC(=O)C1=C(c2ccc(OC(F)F)cc2)N(C(=O)CC)n2c(C)nnc2S1. The number of allylic oxidation sites excluding steroid dienone is 1. The molecule has 0 atom stereocenters. The number of rotatable bonds is 6. The van der Waals surface area contributed by atoms with Crippen molar-refractivity contribution in [1.82, 2.24) is 14.9 Å². The highest BCUT2D eigenvalue weighted by Crippen LogP contribution is 2.40. The van der Waals surface area contributed by atoms with Crippen molar-refractivity contribution in [2.24, 2.45) is 0 Å². The lowest BCUT2D eigenvalue weighted by atomic mass is 10.1. The fourth-order valence-corrected chi connectivity index (χ4v) is 3.87. The van der Waals surface area contributed by atoms with Crippen molar-refractivity contribution in [3.05, 3.63) is 40.6 Å². The van der Waals surface area contributed by atoms with Gasteiger partial charge in [-0.1, -0.05) is 13.8 Å². The van der Waals surface area contributed by atoms with Gasteiger partial charge in [-0.2, -0.15) is 8.78 Å². The van der Waals surface area contributed by atoms with E-state index >= 15 is 0 Å². The van der Waals surface area contributed by atoms with Crippen LogP contribution in [-0.2, 0) is 9.59 Å². The van der Waals surface area contributed by atoms with Crippen LogP contribution in [0.25, 0.3) is 5.70 Å². The first-order valence-corrected chi connectivity index (χ1v) is 9.44. The second-order valence-electron chi connectivity index (χ2n) is 5.86. The maximum atomic E-state index is 12.8. The van der Waals surface area contributed by atoms with Gasteiger partial charge in [-0.05, 0) is 43.0 Å². The largest absolute Gasteiger partial charge is 0.435 e. The molecule has 0 fully saturated rings. The summed E-state index contributed by atoms with van der Waals surface area (Å²) >= 11 is 1.13. The molecular formula is C18H18F2N4O3S. The lowest BCUT2D eigenvalue weighted by Gasteiger charge is -2.32. The van der Waals surface area contributed by atoms with Crippen molar-refractivity contribution in [3.8, 4) is 5.75 Å². The number of aromatic nitrogens is 3. The van der Waals surface area contributed by atoms with E-state index in [1.807, 2.05) is 0 Å². The van der Waals surface area contributed by atoms with Gasteiger partial charge < -0.3 is 4.74 Å². The molecule has 0 bridgehead atoms. The molecule has 1 aliphatic rings. The molecule has 1 aromatic carbocycles. The summed E-state index contributed by atoms with van der Waals surface area (Å²) in [5.74, 6) is 0.0608. The molecule has 0 radical (unpaired) electrons. The Morgan fingerprint density at radius 1 is 1.14 bits per heavy atom. The van der Waals surface area contributed by atoms with Gasteiger partial charge in [0.05, 0.1) is 10.6 Å². The number of benzene rings is 1. The first-order valence-electron chi connectivity index (χ1n) is 8.63. The highest BCUT2D eigenvalue weighted by Gasteiger charge is 2.35. The van der Waals surface area contributed by atoms with Gasteiger partial charge in [-0.25, -0.2) is 9.69 Å². The highest BCUT2D eigenvalue weighted by molar-refractivity contribution is 8.04. The van der Waals surface area contributed by atoms with Crippen molar-refractivity contribution >= 4 is 29.1 Å². The van der Waals surface area contributed by atoms with Crippen LogP contribution in [0.2, 0.25) is 0 Å². The first kappa shape index (κ1) is 20.0. The van der Waals surface area contributed by atoms with Crippen molar-refractivity contribution in [1.29, 1.82) is 0 Å². The third-order valence-electron chi connectivity index (χ3n) is 4.05. The lowest BCUT2D eigenvalue weighted by molar-refractivity contribution is -0.119. The van der Waals surface area contributed by atoms with E-state index in [2.05, 4.69) is 14.9 Å². The van der Waals surface area contributed by atoms with Gasteiger partial charge in [0.2, 0.25) is 11.1 Å². The van der Waals surface area contributed by atoms with Gasteiger partial charge in [0, 0.05) is 18.4 Å². The molecule has 2 aromatic rings. The average molecular weight is 408 g/mol. The van der Waals surface area contributed by atoms with Gasteiger partial charge in [-0.3, -0.25) is 9.59 Å². The predicted octanol–water partition coefficient (Wildman–Crippen LogP) is 3.52. The number of fused-ring (bicyclic) bond motifs is 1. The Balaban J connectivity index is 2.18. The summed E-state index contributed by atoms with van der Waals surface area (Å²) in [5.41, 5.74) is 0.897. The van der Waals surface area contributed by atoms with Crippen LogP contribution >= 0.6 is 11.8 Å². The van der Waals surface area contributed by atoms with Crippen molar-refractivity contribution in [2.45, 2.75) is 45.4 Å². The fourth-order valence-electron chi connectivity index (χ4n) is 2.75. The number of halogens is 2. The Hall–Kier alpha value is -2.75. The van der Waals surface area contributed by atoms with E-state index in [0.717, 1.165) is 11.8 Å². The molecule has 1 amide bonds. The van der Waals surface area contributed by atoms with Crippen LogP contribution in [0, 0.1) is 6.92 Å². The molecule has 1 aliphatic heterocycles. The number of hydrogen-bond acceptors (Lipinski definition) is 6. The molecule has 0 saturated carbocycles. The van der Waals surface area contributed by atoms with Crippen molar-refractivity contribution in [2.75, 3.05) is 5.01 Å². The van der Waals surface area contributed by atoms with Gasteiger partial charge in [-0.15, -0.1) is 10.2 Å². The number of Topliss-reactive ketones (excluding diaryl/α,β-unsaturated/α-hetero) is 1. The Morgan fingerprint density at radius 2 is 1.82 bits per heavy atom. The standard InChI is InChI=1S/C18H18F2N4O3S/c1-4-13(25)16-15(11-6-8-12(9-7-11)27-17(19)20)24(14(26)5-2)23-10(3)21-22-18(23)28-16/h6-9,17H,4-5H2,1-3H3. The van der Waals surface area contributed by atoms with Crippen molar-refractivity contribution in [3.63, 3.8) is 0 Å². The quantitative estimate of drug-likeness (QED) is 0.728. The number of nitrogens with zero attached hydrogens (tertiary/aromatic N) is 4. The topological polar surface area (TPSA) is 77.3 Å². The normalized spacial score (nSPS) is 13.7. The van der Waals surface area contributed by atoms with E-state index in [1.165, 1.54) is 29.3 Å². The van der Waals surface area contributed by atoms with E-state index in [0.29, 0.717) is 27.1 Å².